The molecule has 0 aromatic heterocycles. The summed E-state index contributed by atoms with van der Waals surface area (Å²) in [4.78, 5) is 0. The Morgan fingerprint density at radius 3 is 1.81 bits per heavy atom. The number of fused-ring (bicyclic) bond motifs is 6. The molecule has 0 aliphatic heterocycles. The van der Waals surface area contributed by atoms with E-state index >= 15 is 0 Å². The molecule has 0 N–H and O–H groups in total. The summed E-state index contributed by atoms with van der Waals surface area (Å²) in [5.74, 6) is 0.519. The van der Waals surface area contributed by atoms with Gasteiger partial charge in [0.1, 0.15) is 0 Å². The molecule has 7 aromatic carbocycles. The lowest BCUT2D eigenvalue weighted by Gasteiger charge is -2.37. The fourth-order valence-electron chi connectivity index (χ4n) is 10.0. The molecule has 0 heterocycles. The predicted octanol–water partition coefficient (Wildman–Crippen LogP) is 13.2. The van der Waals surface area contributed by atoms with Gasteiger partial charge in [-0.15, -0.1) is 5.73 Å². The first-order valence-electron chi connectivity index (χ1n) is 19.0. The Balaban J connectivity index is 1.07. The Hall–Kier alpha value is -6.72. The van der Waals surface area contributed by atoms with E-state index in [9.17, 15) is 0 Å². The normalized spacial score (nSPS) is 18.3. The molecule has 2 unspecified atom stereocenters. The van der Waals surface area contributed by atoms with Crippen molar-refractivity contribution in [2.45, 2.75) is 11.3 Å². The van der Waals surface area contributed by atoms with Crippen molar-refractivity contribution >= 4 is 16.3 Å². The first-order valence-corrected chi connectivity index (χ1v) is 19.0. The molecule has 0 amide bonds. The molecule has 54 heavy (non-hydrogen) atoms. The van der Waals surface area contributed by atoms with E-state index in [1.165, 1.54) is 88.7 Å². The van der Waals surface area contributed by atoms with Gasteiger partial charge < -0.3 is 0 Å². The van der Waals surface area contributed by atoms with Gasteiger partial charge in [0.2, 0.25) is 0 Å². The molecule has 0 spiro atoms. The van der Waals surface area contributed by atoms with Crippen LogP contribution in [0.5, 0.6) is 0 Å². The standard InChI is InChI=1S/C54H36/c1-2-16-37(17-3-1)52-45-24-8-10-26-47(45)53(48-27-11-9-25-46(48)52)49-35-34-40(41-20-6-7-21-42(41)49)36-30-32-39(33-31-36)54(38-18-4-5-19-38)50-28-14-12-22-43(50)44-23-13-15-29-51(44)54/h1-18,20-35,45,52H. The molecule has 252 valence electrons. The molecule has 4 aliphatic rings. The van der Waals surface area contributed by atoms with Crippen LogP contribution < -0.4 is 0 Å². The van der Waals surface area contributed by atoms with Crippen molar-refractivity contribution in [1.29, 1.82) is 0 Å². The summed E-state index contributed by atoms with van der Waals surface area (Å²) in [7, 11) is 0. The highest BCUT2D eigenvalue weighted by Gasteiger charge is 2.47. The van der Waals surface area contributed by atoms with Gasteiger partial charge in [-0.3, -0.25) is 0 Å². The lowest BCUT2D eigenvalue weighted by atomic mass is 9.66. The summed E-state index contributed by atoms with van der Waals surface area (Å²) in [6.07, 6.45) is 15.6. The lowest BCUT2D eigenvalue weighted by molar-refractivity contribution is 0.649. The zero-order valence-corrected chi connectivity index (χ0v) is 29.8. The van der Waals surface area contributed by atoms with E-state index in [4.69, 9.17) is 0 Å². The van der Waals surface area contributed by atoms with E-state index in [0.29, 0.717) is 0 Å². The minimum absolute atomic E-state index is 0.256. The molecule has 7 aromatic rings. The predicted molar refractivity (Wildman–Crippen MR) is 224 cm³/mol. The highest BCUT2D eigenvalue weighted by atomic mass is 14.5. The third-order valence-electron chi connectivity index (χ3n) is 12.2. The van der Waals surface area contributed by atoms with E-state index in [1.54, 1.807) is 0 Å². The van der Waals surface area contributed by atoms with E-state index < -0.39 is 5.41 Å². The minimum Gasteiger partial charge on any atom is -0.116 e. The summed E-state index contributed by atoms with van der Waals surface area (Å²) in [5, 5.41) is 2.54. The molecule has 0 nitrogen and oxygen atoms in total. The van der Waals surface area contributed by atoms with Crippen LogP contribution in [0, 0.1) is 5.92 Å². The molecule has 11 rings (SSSR count). The zero-order valence-electron chi connectivity index (χ0n) is 29.8. The molecular weight excluding hydrogens is 649 g/mol. The second kappa shape index (κ2) is 12.2. The van der Waals surface area contributed by atoms with Gasteiger partial charge >= 0.3 is 0 Å². The summed E-state index contributed by atoms with van der Waals surface area (Å²) in [5.41, 5.74) is 21.4. The van der Waals surface area contributed by atoms with Crippen molar-refractivity contribution in [1.82, 2.24) is 0 Å². The Kier molecular flexibility index (Phi) is 6.96. The summed E-state index contributed by atoms with van der Waals surface area (Å²) in [6.45, 7) is 0. The van der Waals surface area contributed by atoms with Gasteiger partial charge in [0.25, 0.3) is 0 Å². The maximum absolute atomic E-state index is 3.63. The maximum atomic E-state index is 3.63. The third kappa shape index (κ3) is 4.39. The molecule has 0 saturated carbocycles. The van der Waals surface area contributed by atoms with E-state index in [1.807, 2.05) is 6.08 Å². The van der Waals surface area contributed by atoms with Crippen molar-refractivity contribution in [3.8, 4) is 22.3 Å². The van der Waals surface area contributed by atoms with Gasteiger partial charge in [0.15, 0.2) is 0 Å². The first kappa shape index (κ1) is 30.9. The second-order valence-electron chi connectivity index (χ2n) is 14.8. The maximum Gasteiger partial charge on any atom is 0.0786 e. The SMILES string of the molecule is C1=CC=CC=1C1(c2ccc(-c3ccc(C4=C5C=CC=CC5C(c5ccccc5)c5ccccc54)c4ccccc34)cc2)c2ccccc2-c2ccccc21. The van der Waals surface area contributed by atoms with Crippen LogP contribution in [0.2, 0.25) is 0 Å². The van der Waals surface area contributed by atoms with E-state index in [0.717, 1.165) is 0 Å². The number of hydrogen-bond donors (Lipinski definition) is 0. The number of hydrogen-bond acceptors (Lipinski definition) is 0. The second-order valence-corrected chi connectivity index (χ2v) is 14.8. The Morgan fingerprint density at radius 1 is 0.463 bits per heavy atom. The van der Waals surface area contributed by atoms with Crippen molar-refractivity contribution in [2.75, 3.05) is 0 Å². The van der Waals surface area contributed by atoms with Gasteiger partial charge in [-0.2, -0.15) is 0 Å². The van der Waals surface area contributed by atoms with Crippen LogP contribution in [0.4, 0.5) is 0 Å². The number of benzene rings is 7. The largest absolute Gasteiger partial charge is 0.116 e. The fourth-order valence-corrected chi connectivity index (χ4v) is 10.0. The average Bonchev–Trinajstić information content (AvgIpc) is 3.89. The molecule has 0 saturated heterocycles. The van der Waals surface area contributed by atoms with Gasteiger partial charge in [-0.25, -0.2) is 0 Å². The van der Waals surface area contributed by atoms with Crippen LogP contribution in [0.1, 0.15) is 44.9 Å². The minimum atomic E-state index is -0.431. The first-order chi connectivity index (χ1) is 26.8. The van der Waals surface area contributed by atoms with Crippen molar-refractivity contribution in [3.63, 3.8) is 0 Å². The van der Waals surface area contributed by atoms with Crippen LogP contribution in [0.25, 0.3) is 38.6 Å². The van der Waals surface area contributed by atoms with Gasteiger partial charge in [0.05, 0.1) is 5.41 Å². The molecule has 0 fully saturated rings. The fraction of sp³-hybridized carbons (Fsp3) is 0.0556. The lowest BCUT2D eigenvalue weighted by Crippen LogP contribution is -2.28. The topological polar surface area (TPSA) is 0 Å². The molecule has 0 radical (unpaired) electrons. The summed E-state index contributed by atoms with van der Waals surface area (Å²) in [6, 6.07) is 61.0. The number of rotatable bonds is 5. The molecular formula is C54H36. The molecule has 4 aliphatic carbocycles. The quantitative estimate of drug-likeness (QED) is 0.158. The van der Waals surface area contributed by atoms with E-state index in [-0.39, 0.29) is 11.8 Å². The Labute approximate surface area is 316 Å². The zero-order chi connectivity index (χ0) is 35.6. The number of allylic oxidation sites excluding steroid dienone is 8. The van der Waals surface area contributed by atoms with Crippen LogP contribution in [0.15, 0.2) is 223 Å². The van der Waals surface area contributed by atoms with Gasteiger partial charge in [-0.05, 0) is 95.3 Å². The summed E-state index contributed by atoms with van der Waals surface area (Å²) >= 11 is 0. The molecule has 0 bridgehead atoms. The van der Waals surface area contributed by atoms with Crippen LogP contribution in [-0.2, 0) is 5.41 Å². The Bertz CT molecular complexity index is 2800. The van der Waals surface area contributed by atoms with E-state index in [2.05, 4.69) is 206 Å². The van der Waals surface area contributed by atoms with Crippen molar-refractivity contribution < 1.29 is 0 Å². The molecule has 0 heteroatoms. The van der Waals surface area contributed by atoms with Crippen LogP contribution >= 0.6 is 0 Å². The highest BCUT2D eigenvalue weighted by Crippen LogP contribution is 2.57. The van der Waals surface area contributed by atoms with Crippen LogP contribution in [-0.4, -0.2) is 0 Å². The summed E-state index contributed by atoms with van der Waals surface area (Å²) < 4.78 is 0. The molecule has 2 atom stereocenters. The van der Waals surface area contributed by atoms with Gasteiger partial charge in [0, 0.05) is 17.4 Å². The Morgan fingerprint density at radius 2 is 1.09 bits per heavy atom. The average molecular weight is 685 g/mol. The van der Waals surface area contributed by atoms with Crippen molar-refractivity contribution in [3.05, 3.63) is 262 Å². The third-order valence-corrected chi connectivity index (χ3v) is 12.2. The van der Waals surface area contributed by atoms with Crippen molar-refractivity contribution in [2.24, 2.45) is 5.92 Å². The smallest absolute Gasteiger partial charge is 0.0786 e. The monoisotopic (exact) mass is 684 g/mol. The van der Waals surface area contributed by atoms with Gasteiger partial charge in [-0.1, -0.05) is 194 Å². The highest BCUT2D eigenvalue weighted by molar-refractivity contribution is 6.06. The van der Waals surface area contributed by atoms with Crippen LogP contribution in [0.3, 0.4) is 0 Å².